The minimum atomic E-state index is 0.374. The van der Waals surface area contributed by atoms with Crippen molar-refractivity contribution in [3.05, 3.63) is 23.9 Å². The van der Waals surface area contributed by atoms with Crippen LogP contribution in [0, 0.1) is 11.3 Å². The lowest BCUT2D eigenvalue weighted by molar-refractivity contribution is 0.0251. The Morgan fingerprint density at radius 2 is 2.15 bits per heavy atom. The summed E-state index contributed by atoms with van der Waals surface area (Å²) in [4.78, 5) is 4.16. The molecule has 0 bridgehead atoms. The van der Waals surface area contributed by atoms with Gasteiger partial charge in [0.1, 0.15) is 11.9 Å². The molecule has 0 saturated heterocycles. The molecule has 1 aliphatic rings. The third-order valence-electron chi connectivity index (χ3n) is 3.59. The van der Waals surface area contributed by atoms with Crippen LogP contribution in [-0.4, -0.2) is 30.3 Å². The van der Waals surface area contributed by atoms with E-state index in [1.54, 1.807) is 12.3 Å². The molecule has 1 heterocycles. The molecule has 5 nitrogen and oxygen atoms in total. The Balaban J connectivity index is 1.56. The van der Waals surface area contributed by atoms with Crippen LogP contribution in [-0.2, 0) is 4.74 Å². The molecule has 0 amide bonds. The Labute approximate surface area is 120 Å². The molecule has 108 valence electrons. The topological polar surface area (TPSA) is 84.0 Å². The predicted octanol–water partition coefficient (Wildman–Crippen LogP) is 2.04. The van der Waals surface area contributed by atoms with Crippen molar-refractivity contribution in [3.63, 3.8) is 0 Å². The molecule has 3 N–H and O–H groups in total. The summed E-state index contributed by atoms with van der Waals surface area (Å²) >= 11 is 0. The maximum Gasteiger partial charge on any atom is 0.125 e. The van der Waals surface area contributed by atoms with Gasteiger partial charge in [-0.2, -0.15) is 5.26 Å². The lowest BCUT2D eigenvalue weighted by atomic mass is 9.94. The quantitative estimate of drug-likeness (QED) is 0.775. The van der Waals surface area contributed by atoms with Crippen LogP contribution in [0.5, 0.6) is 0 Å². The van der Waals surface area contributed by atoms with Gasteiger partial charge in [0.25, 0.3) is 0 Å². The van der Waals surface area contributed by atoms with E-state index < -0.39 is 0 Å². The molecule has 0 radical (unpaired) electrons. The lowest BCUT2D eigenvalue weighted by Crippen LogP contribution is -2.30. The molecule has 1 saturated carbocycles. The summed E-state index contributed by atoms with van der Waals surface area (Å²) in [6, 6.07) is 6.01. The van der Waals surface area contributed by atoms with Crippen molar-refractivity contribution in [2.75, 3.05) is 18.5 Å². The summed E-state index contributed by atoms with van der Waals surface area (Å²) in [6.07, 6.45) is 7.25. The van der Waals surface area contributed by atoms with Gasteiger partial charge in [-0.25, -0.2) is 4.98 Å². The first kappa shape index (κ1) is 14.8. The summed E-state index contributed by atoms with van der Waals surface area (Å²) in [5.41, 5.74) is 6.44. The fraction of sp³-hybridized carbons (Fsp3) is 0.600. The number of nitrogens with one attached hydrogen (secondary N) is 1. The normalized spacial score (nSPS) is 22.2. The van der Waals surface area contributed by atoms with Gasteiger partial charge in [-0.1, -0.05) is 0 Å². The van der Waals surface area contributed by atoms with Gasteiger partial charge in [0.15, 0.2) is 0 Å². The zero-order valence-electron chi connectivity index (χ0n) is 11.7. The van der Waals surface area contributed by atoms with Gasteiger partial charge < -0.3 is 15.8 Å². The standard InChI is InChI=1S/C15H22N4O/c16-10-12-2-7-15(19-11-12)18-8-1-9-20-14-5-3-13(17)4-6-14/h2,7,11,13-14H,1,3-6,8-9,17H2,(H,18,19). The lowest BCUT2D eigenvalue weighted by Gasteiger charge is -2.26. The van der Waals surface area contributed by atoms with E-state index in [1.807, 2.05) is 6.07 Å². The van der Waals surface area contributed by atoms with E-state index in [0.29, 0.717) is 17.7 Å². The molecule has 1 fully saturated rings. The monoisotopic (exact) mass is 274 g/mol. The summed E-state index contributed by atoms with van der Waals surface area (Å²) < 4.78 is 5.85. The first-order chi connectivity index (χ1) is 9.78. The van der Waals surface area contributed by atoms with Gasteiger partial charge in [-0.05, 0) is 44.2 Å². The smallest absolute Gasteiger partial charge is 0.125 e. The van der Waals surface area contributed by atoms with Crippen LogP contribution >= 0.6 is 0 Å². The van der Waals surface area contributed by atoms with Crippen molar-refractivity contribution in [2.24, 2.45) is 5.73 Å². The Kier molecular flexibility index (Phi) is 5.78. The van der Waals surface area contributed by atoms with Crippen molar-refractivity contribution < 1.29 is 4.74 Å². The average molecular weight is 274 g/mol. The average Bonchev–Trinajstić information content (AvgIpc) is 2.49. The zero-order chi connectivity index (χ0) is 14.2. The SMILES string of the molecule is N#Cc1ccc(NCCCOC2CCC(N)CC2)nc1. The van der Waals surface area contributed by atoms with Crippen LogP contribution in [0.1, 0.15) is 37.7 Å². The molecule has 0 spiro atoms. The Bertz CT molecular complexity index is 432. The molecule has 1 aromatic rings. The number of hydrogen-bond donors (Lipinski definition) is 2. The van der Waals surface area contributed by atoms with Crippen LogP contribution in [0.3, 0.4) is 0 Å². The minimum Gasteiger partial charge on any atom is -0.378 e. The van der Waals surface area contributed by atoms with Crippen molar-refractivity contribution in [1.82, 2.24) is 4.98 Å². The molecular weight excluding hydrogens is 252 g/mol. The molecule has 0 unspecified atom stereocenters. The van der Waals surface area contributed by atoms with Crippen molar-refractivity contribution in [2.45, 2.75) is 44.2 Å². The second kappa shape index (κ2) is 7.83. The predicted molar refractivity (Wildman–Crippen MR) is 78.2 cm³/mol. The Morgan fingerprint density at radius 1 is 1.35 bits per heavy atom. The van der Waals surface area contributed by atoms with Crippen LogP contribution < -0.4 is 11.1 Å². The van der Waals surface area contributed by atoms with Gasteiger partial charge in [0, 0.05) is 25.4 Å². The summed E-state index contributed by atoms with van der Waals surface area (Å²) in [5.74, 6) is 0.799. The Morgan fingerprint density at radius 3 is 2.80 bits per heavy atom. The zero-order valence-corrected chi connectivity index (χ0v) is 11.7. The van der Waals surface area contributed by atoms with Gasteiger partial charge >= 0.3 is 0 Å². The van der Waals surface area contributed by atoms with Crippen LogP contribution in [0.2, 0.25) is 0 Å². The number of ether oxygens (including phenoxy) is 1. The fourth-order valence-corrected chi connectivity index (χ4v) is 2.36. The number of aromatic nitrogens is 1. The van der Waals surface area contributed by atoms with E-state index in [0.717, 1.165) is 51.1 Å². The first-order valence-electron chi connectivity index (χ1n) is 7.25. The number of rotatable bonds is 6. The minimum absolute atomic E-state index is 0.374. The maximum atomic E-state index is 8.68. The van der Waals surface area contributed by atoms with Gasteiger partial charge in [0.05, 0.1) is 11.7 Å². The highest BCUT2D eigenvalue weighted by Crippen LogP contribution is 2.19. The molecular formula is C15H22N4O. The van der Waals surface area contributed by atoms with Crippen LogP contribution in [0.25, 0.3) is 0 Å². The molecule has 0 aliphatic heterocycles. The third kappa shape index (κ3) is 4.80. The summed E-state index contributed by atoms with van der Waals surface area (Å²) in [5, 5.41) is 11.9. The van der Waals surface area contributed by atoms with Crippen LogP contribution in [0.15, 0.2) is 18.3 Å². The van der Waals surface area contributed by atoms with Gasteiger partial charge in [-0.3, -0.25) is 0 Å². The first-order valence-corrected chi connectivity index (χ1v) is 7.25. The fourth-order valence-electron chi connectivity index (χ4n) is 2.36. The van der Waals surface area contributed by atoms with Crippen LogP contribution in [0.4, 0.5) is 5.82 Å². The second-order valence-corrected chi connectivity index (χ2v) is 5.23. The van der Waals surface area contributed by atoms with E-state index in [9.17, 15) is 0 Å². The molecule has 20 heavy (non-hydrogen) atoms. The largest absolute Gasteiger partial charge is 0.378 e. The summed E-state index contributed by atoms with van der Waals surface area (Å²) in [6.45, 7) is 1.59. The highest BCUT2D eigenvalue weighted by molar-refractivity contribution is 5.38. The van der Waals surface area contributed by atoms with Crippen molar-refractivity contribution in [3.8, 4) is 6.07 Å². The number of nitrogens with two attached hydrogens (primary N) is 1. The van der Waals surface area contributed by atoms with Gasteiger partial charge in [0.2, 0.25) is 0 Å². The second-order valence-electron chi connectivity index (χ2n) is 5.23. The third-order valence-corrected chi connectivity index (χ3v) is 3.59. The van der Waals surface area contributed by atoms with Crippen molar-refractivity contribution >= 4 is 5.82 Å². The maximum absolute atomic E-state index is 8.68. The number of nitriles is 1. The van der Waals surface area contributed by atoms with E-state index in [-0.39, 0.29) is 0 Å². The number of hydrogen-bond acceptors (Lipinski definition) is 5. The molecule has 5 heteroatoms. The molecule has 1 aromatic heterocycles. The van der Waals surface area contributed by atoms with Gasteiger partial charge in [-0.15, -0.1) is 0 Å². The molecule has 1 aliphatic carbocycles. The number of nitrogens with zero attached hydrogens (tertiary/aromatic N) is 2. The number of anilines is 1. The van der Waals surface area contributed by atoms with Crippen molar-refractivity contribution in [1.29, 1.82) is 5.26 Å². The van der Waals surface area contributed by atoms with E-state index >= 15 is 0 Å². The van der Waals surface area contributed by atoms with E-state index in [1.165, 1.54) is 0 Å². The molecule has 0 aromatic carbocycles. The Hall–Kier alpha value is -1.64. The highest BCUT2D eigenvalue weighted by Gasteiger charge is 2.18. The summed E-state index contributed by atoms with van der Waals surface area (Å²) in [7, 11) is 0. The highest BCUT2D eigenvalue weighted by atomic mass is 16.5. The van der Waals surface area contributed by atoms with E-state index in [2.05, 4.69) is 16.4 Å². The number of pyridine rings is 1. The molecule has 2 rings (SSSR count). The molecule has 0 atom stereocenters. The van der Waals surface area contributed by atoms with E-state index in [4.69, 9.17) is 15.7 Å².